The Labute approximate surface area is 122 Å². The van der Waals surface area contributed by atoms with Crippen LogP contribution < -0.4 is 5.73 Å². The van der Waals surface area contributed by atoms with Crippen molar-refractivity contribution in [1.82, 2.24) is 4.90 Å². The number of likely N-dealkylation sites (tertiary alicyclic amines) is 1. The molecule has 2 N–H and O–H groups in total. The molecule has 0 aliphatic carbocycles. The Balaban J connectivity index is 1.88. The van der Waals surface area contributed by atoms with Crippen LogP contribution in [0.5, 0.6) is 0 Å². The van der Waals surface area contributed by atoms with Gasteiger partial charge in [-0.3, -0.25) is 4.79 Å². The molecule has 0 bridgehead atoms. The number of hydrogen-bond donors (Lipinski definition) is 1. The van der Waals surface area contributed by atoms with E-state index in [1.165, 1.54) is 6.07 Å². The number of carbonyl (C=O) groups excluding carboxylic acids is 1. The molecule has 0 spiro atoms. The Bertz CT molecular complexity index is 489. The number of halogens is 2. The molecule has 1 fully saturated rings. The first kappa shape index (κ1) is 15.9. The zero-order chi connectivity index (χ0) is 15.2. The maximum absolute atomic E-state index is 13.6. The van der Waals surface area contributed by atoms with Crippen molar-refractivity contribution in [1.29, 1.82) is 0 Å². The molecule has 1 amide bonds. The van der Waals surface area contributed by atoms with Crippen LogP contribution in [0.15, 0.2) is 18.2 Å². The molecule has 6 heteroatoms. The number of nitrogens with two attached hydrogens (primary N) is 1. The molecular weight excluding hydrogens is 278 g/mol. The standard InChI is InChI=1S/C15H20F2N2O2/c16-11-2-3-13(14(17)10-11)15(20)19-7-4-12(5-8-19)21-9-1-6-18/h2-3,10,12H,1,4-9,18H2. The van der Waals surface area contributed by atoms with Gasteiger partial charge in [0.2, 0.25) is 0 Å². The molecular formula is C15H20F2N2O2. The van der Waals surface area contributed by atoms with Crippen molar-refractivity contribution in [2.75, 3.05) is 26.2 Å². The summed E-state index contributed by atoms with van der Waals surface area (Å²) in [5.74, 6) is -1.90. The number of rotatable bonds is 5. The minimum atomic E-state index is -0.818. The highest BCUT2D eigenvalue weighted by atomic mass is 19.1. The van der Waals surface area contributed by atoms with Gasteiger partial charge in [0.1, 0.15) is 11.6 Å². The van der Waals surface area contributed by atoms with E-state index in [1.54, 1.807) is 4.90 Å². The summed E-state index contributed by atoms with van der Waals surface area (Å²) >= 11 is 0. The summed E-state index contributed by atoms with van der Waals surface area (Å²) in [6.07, 6.45) is 2.39. The van der Waals surface area contributed by atoms with E-state index < -0.39 is 17.5 Å². The second-order valence-electron chi connectivity index (χ2n) is 5.13. The molecule has 1 aliphatic heterocycles. The second-order valence-corrected chi connectivity index (χ2v) is 5.13. The first-order chi connectivity index (χ1) is 10.1. The number of hydrogen-bond acceptors (Lipinski definition) is 3. The number of amides is 1. The van der Waals surface area contributed by atoms with Crippen molar-refractivity contribution in [3.63, 3.8) is 0 Å². The van der Waals surface area contributed by atoms with E-state index in [2.05, 4.69) is 0 Å². The van der Waals surface area contributed by atoms with Crippen LogP contribution >= 0.6 is 0 Å². The van der Waals surface area contributed by atoms with E-state index in [4.69, 9.17) is 10.5 Å². The predicted octanol–water partition coefficient (Wildman–Crippen LogP) is 1.93. The summed E-state index contributed by atoms with van der Waals surface area (Å²) in [5.41, 5.74) is 5.32. The lowest BCUT2D eigenvalue weighted by molar-refractivity contribution is 0.00833. The first-order valence-corrected chi connectivity index (χ1v) is 7.18. The monoisotopic (exact) mass is 298 g/mol. The highest BCUT2D eigenvalue weighted by Gasteiger charge is 2.25. The van der Waals surface area contributed by atoms with Crippen LogP contribution in [0.25, 0.3) is 0 Å². The van der Waals surface area contributed by atoms with Crippen LogP contribution in [-0.4, -0.2) is 43.2 Å². The van der Waals surface area contributed by atoms with Gasteiger partial charge in [0.05, 0.1) is 11.7 Å². The minimum Gasteiger partial charge on any atom is -0.378 e. The van der Waals surface area contributed by atoms with E-state index in [-0.39, 0.29) is 11.7 Å². The maximum atomic E-state index is 13.6. The fourth-order valence-electron chi connectivity index (χ4n) is 2.39. The van der Waals surface area contributed by atoms with Gasteiger partial charge in [0, 0.05) is 25.8 Å². The van der Waals surface area contributed by atoms with Crippen molar-refractivity contribution < 1.29 is 18.3 Å². The number of piperidine rings is 1. The Morgan fingerprint density at radius 2 is 2.05 bits per heavy atom. The normalized spacial score (nSPS) is 16.2. The van der Waals surface area contributed by atoms with Crippen molar-refractivity contribution >= 4 is 5.91 Å². The Morgan fingerprint density at radius 3 is 2.67 bits per heavy atom. The summed E-state index contributed by atoms with van der Waals surface area (Å²) in [7, 11) is 0. The Morgan fingerprint density at radius 1 is 1.33 bits per heavy atom. The molecule has 1 heterocycles. The second kappa shape index (κ2) is 7.47. The molecule has 1 aromatic carbocycles. The molecule has 116 valence electrons. The largest absolute Gasteiger partial charge is 0.378 e. The van der Waals surface area contributed by atoms with Gasteiger partial charge in [-0.05, 0) is 37.9 Å². The van der Waals surface area contributed by atoms with Crippen LogP contribution in [-0.2, 0) is 4.74 Å². The molecule has 1 aromatic rings. The molecule has 1 aliphatic rings. The molecule has 0 unspecified atom stereocenters. The zero-order valence-corrected chi connectivity index (χ0v) is 11.9. The summed E-state index contributed by atoms with van der Waals surface area (Å²) in [6, 6.07) is 3.02. The average molecular weight is 298 g/mol. The number of ether oxygens (including phenoxy) is 1. The van der Waals surface area contributed by atoms with Gasteiger partial charge in [-0.15, -0.1) is 0 Å². The van der Waals surface area contributed by atoms with Gasteiger partial charge in [-0.2, -0.15) is 0 Å². The minimum absolute atomic E-state index is 0.0844. The van der Waals surface area contributed by atoms with Crippen molar-refractivity contribution in [3.05, 3.63) is 35.4 Å². The van der Waals surface area contributed by atoms with Crippen LogP contribution in [0.3, 0.4) is 0 Å². The lowest BCUT2D eigenvalue weighted by Crippen LogP contribution is -2.41. The highest BCUT2D eigenvalue weighted by molar-refractivity contribution is 5.94. The van der Waals surface area contributed by atoms with E-state index >= 15 is 0 Å². The average Bonchev–Trinajstić information content (AvgIpc) is 2.48. The van der Waals surface area contributed by atoms with Crippen molar-refractivity contribution in [2.45, 2.75) is 25.4 Å². The van der Waals surface area contributed by atoms with E-state index in [0.717, 1.165) is 31.4 Å². The van der Waals surface area contributed by atoms with Gasteiger partial charge in [-0.25, -0.2) is 8.78 Å². The van der Waals surface area contributed by atoms with Crippen LogP contribution in [0.2, 0.25) is 0 Å². The van der Waals surface area contributed by atoms with Crippen molar-refractivity contribution in [3.8, 4) is 0 Å². The zero-order valence-electron chi connectivity index (χ0n) is 11.9. The molecule has 2 rings (SSSR count). The number of carbonyl (C=O) groups is 1. The third-order valence-corrected chi connectivity index (χ3v) is 3.59. The summed E-state index contributed by atoms with van der Waals surface area (Å²) in [5, 5.41) is 0. The summed E-state index contributed by atoms with van der Waals surface area (Å²) < 4.78 is 32.1. The van der Waals surface area contributed by atoms with E-state index in [9.17, 15) is 13.6 Å². The van der Waals surface area contributed by atoms with Crippen LogP contribution in [0.4, 0.5) is 8.78 Å². The van der Waals surface area contributed by atoms with E-state index in [1.807, 2.05) is 0 Å². The Hall–Kier alpha value is -1.53. The fraction of sp³-hybridized carbons (Fsp3) is 0.533. The summed E-state index contributed by atoms with van der Waals surface area (Å²) in [4.78, 5) is 13.8. The van der Waals surface area contributed by atoms with Gasteiger partial charge in [0.25, 0.3) is 5.91 Å². The predicted molar refractivity (Wildman–Crippen MR) is 74.9 cm³/mol. The molecule has 21 heavy (non-hydrogen) atoms. The van der Waals surface area contributed by atoms with Gasteiger partial charge >= 0.3 is 0 Å². The highest BCUT2D eigenvalue weighted by Crippen LogP contribution is 2.18. The molecule has 4 nitrogen and oxygen atoms in total. The smallest absolute Gasteiger partial charge is 0.256 e. The topological polar surface area (TPSA) is 55.6 Å². The first-order valence-electron chi connectivity index (χ1n) is 7.18. The quantitative estimate of drug-likeness (QED) is 0.845. The fourth-order valence-corrected chi connectivity index (χ4v) is 2.39. The number of nitrogens with zero attached hydrogens (tertiary/aromatic N) is 1. The Kier molecular flexibility index (Phi) is 5.64. The molecule has 0 atom stereocenters. The number of benzene rings is 1. The molecule has 0 radical (unpaired) electrons. The lowest BCUT2D eigenvalue weighted by Gasteiger charge is -2.32. The lowest BCUT2D eigenvalue weighted by atomic mass is 10.1. The maximum Gasteiger partial charge on any atom is 0.256 e. The van der Waals surface area contributed by atoms with Crippen LogP contribution in [0.1, 0.15) is 29.6 Å². The molecule has 1 saturated heterocycles. The van der Waals surface area contributed by atoms with Crippen LogP contribution in [0, 0.1) is 11.6 Å². The molecule has 0 aromatic heterocycles. The van der Waals surface area contributed by atoms with Crippen molar-refractivity contribution in [2.24, 2.45) is 5.73 Å². The molecule has 0 saturated carbocycles. The van der Waals surface area contributed by atoms with Gasteiger partial charge < -0.3 is 15.4 Å². The summed E-state index contributed by atoms with van der Waals surface area (Å²) in [6.45, 7) is 2.26. The van der Waals surface area contributed by atoms with Gasteiger partial charge in [0.15, 0.2) is 0 Å². The third-order valence-electron chi connectivity index (χ3n) is 3.59. The van der Waals surface area contributed by atoms with Gasteiger partial charge in [-0.1, -0.05) is 0 Å². The van der Waals surface area contributed by atoms with E-state index in [0.29, 0.717) is 26.2 Å². The SMILES string of the molecule is NCCCOC1CCN(C(=O)c2ccc(F)cc2F)CC1. The third kappa shape index (κ3) is 4.22.